The van der Waals surface area contributed by atoms with Crippen LogP contribution in [0.25, 0.3) is 0 Å². The Morgan fingerprint density at radius 3 is 2.39 bits per heavy atom. The van der Waals surface area contributed by atoms with Crippen LogP contribution in [0, 0.1) is 5.82 Å². The zero-order chi connectivity index (χ0) is 13.0. The van der Waals surface area contributed by atoms with Gasteiger partial charge in [0, 0.05) is 0 Å². The van der Waals surface area contributed by atoms with Gasteiger partial charge in [-0.2, -0.15) is 0 Å². The molecule has 0 saturated heterocycles. The molecule has 0 aliphatic heterocycles. The molecule has 2 N–H and O–H groups in total. The number of halogens is 1. The van der Waals surface area contributed by atoms with Crippen LogP contribution in [-0.2, 0) is 6.42 Å². The molecule has 0 amide bonds. The van der Waals surface area contributed by atoms with Crippen LogP contribution in [0.15, 0.2) is 48.5 Å². The van der Waals surface area contributed by atoms with Crippen molar-refractivity contribution < 1.29 is 4.39 Å². The third-order valence-corrected chi connectivity index (χ3v) is 3.06. The van der Waals surface area contributed by atoms with E-state index in [9.17, 15) is 4.39 Å². The summed E-state index contributed by atoms with van der Waals surface area (Å²) in [6.45, 7) is 2.15. The predicted octanol–water partition coefficient (Wildman–Crippen LogP) is 3.83. The second kappa shape index (κ2) is 5.78. The second-order valence-corrected chi connectivity index (χ2v) is 4.53. The lowest BCUT2D eigenvalue weighted by Gasteiger charge is -2.13. The number of hydrogen-bond acceptors (Lipinski definition) is 1. The quantitative estimate of drug-likeness (QED) is 0.867. The smallest absolute Gasteiger partial charge is 0.123 e. The Balaban J connectivity index is 2.27. The van der Waals surface area contributed by atoms with Crippen LogP contribution in [0.3, 0.4) is 0 Å². The summed E-state index contributed by atoms with van der Waals surface area (Å²) in [5, 5.41) is 0. The molecule has 0 spiro atoms. The van der Waals surface area contributed by atoms with E-state index in [1.807, 2.05) is 18.2 Å². The van der Waals surface area contributed by atoms with Gasteiger partial charge in [-0.3, -0.25) is 0 Å². The first-order valence-corrected chi connectivity index (χ1v) is 6.30. The summed E-state index contributed by atoms with van der Waals surface area (Å²) in [4.78, 5) is 0. The average Bonchev–Trinajstić information content (AvgIpc) is 2.39. The van der Waals surface area contributed by atoms with E-state index in [0.717, 1.165) is 24.0 Å². The third kappa shape index (κ3) is 2.96. The molecule has 2 aromatic rings. The zero-order valence-electron chi connectivity index (χ0n) is 10.6. The lowest BCUT2D eigenvalue weighted by atomic mass is 9.97. The van der Waals surface area contributed by atoms with Gasteiger partial charge in [0.25, 0.3) is 0 Å². The minimum absolute atomic E-state index is 0.243. The van der Waals surface area contributed by atoms with Gasteiger partial charge in [0.1, 0.15) is 5.82 Å². The Morgan fingerprint density at radius 1 is 1.06 bits per heavy atom. The summed E-state index contributed by atoms with van der Waals surface area (Å²) >= 11 is 0. The van der Waals surface area contributed by atoms with Gasteiger partial charge in [-0.1, -0.05) is 49.7 Å². The van der Waals surface area contributed by atoms with Crippen LogP contribution in [0.5, 0.6) is 0 Å². The summed E-state index contributed by atoms with van der Waals surface area (Å²) in [5.74, 6) is -0.243. The molecule has 18 heavy (non-hydrogen) atoms. The van der Waals surface area contributed by atoms with Crippen LogP contribution in [0.1, 0.15) is 36.1 Å². The topological polar surface area (TPSA) is 26.0 Å². The van der Waals surface area contributed by atoms with Crippen molar-refractivity contribution in [1.82, 2.24) is 0 Å². The molecule has 0 radical (unpaired) electrons. The highest BCUT2D eigenvalue weighted by Crippen LogP contribution is 2.21. The van der Waals surface area contributed by atoms with Crippen molar-refractivity contribution in [1.29, 1.82) is 0 Å². The van der Waals surface area contributed by atoms with Gasteiger partial charge in [0.2, 0.25) is 0 Å². The molecule has 94 valence electrons. The summed E-state index contributed by atoms with van der Waals surface area (Å²) in [6, 6.07) is 14.4. The maximum absolute atomic E-state index is 13.2. The molecule has 0 saturated carbocycles. The first-order chi connectivity index (χ1) is 8.70. The number of hydrogen-bond donors (Lipinski definition) is 1. The van der Waals surface area contributed by atoms with E-state index in [-0.39, 0.29) is 11.9 Å². The SMILES string of the molecule is CCCc1cccc(C(N)c2cccc(F)c2)c1. The lowest BCUT2D eigenvalue weighted by Crippen LogP contribution is -2.12. The molecule has 0 aliphatic carbocycles. The molecule has 1 atom stereocenters. The van der Waals surface area contributed by atoms with Gasteiger partial charge >= 0.3 is 0 Å². The van der Waals surface area contributed by atoms with E-state index < -0.39 is 0 Å². The van der Waals surface area contributed by atoms with Gasteiger partial charge < -0.3 is 5.73 Å². The van der Waals surface area contributed by atoms with Crippen molar-refractivity contribution in [3.63, 3.8) is 0 Å². The predicted molar refractivity (Wildman–Crippen MR) is 72.9 cm³/mol. The fraction of sp³-hybridized carbons (Fsp3) is 0.250. The molecule has 2 aromatic carbocycles. The van der Waals surface area contributed by atoms with Gasteiger partial charge in [-0.25, -0.2) is 4.39 Å². The Morgan fingerprint density at radius 2 is 1.72 bits per heavy atom. The molecule has 1 nitrogen and oxygen atoms in total. The minimum Gasteiger partial charge on any atom is -0.320 e. The summed E-state index contributed by atoms with van der Waals surface area (Å²) in [7, 11) is 0. The number of nitrogens with two attached hydrogens (primary N) is 1. The van der Waals surface area contributed by atoms with Crippen LogP contribution < -0.4 is 5.73 Å². The molecule has 2 heteroatoms. The number of rotatable bonds is 4. The van der Waals surface area contributed by atoms with Crippen molar-refractivity contribution in [2.75, 3.05) is 0 Å². The standard InChI is InChI=1S/C16H18FN/c1-2-5-12-6-3-7-13(10-12)16(18)14-8-4-9-15(17)11-14/h3-4,6-11,16H,2,5,18H2,1H3. The summed E-state index contributed by atoms with van der Waals surface area (Å²) in [5.41, 5.74) is 9.31. The Kier molecular flexibility index (Phi) is 4.11. The van der Waals surface area contributed by atoms with E-state index in [4.69, 9.17) is 5.73 Å². The first kappa shape index (κ1) is 12.8. The van der Waals surface area contributed by atoms with Gasteiger partial charge in [0.05, 0.1) is 6.04 Å². The summed E-state index contributed by atoms with van der Waals surface area (Å²) in [6.07, 6.45) is 2.16. The highest BCUT2D eigenvalue weighted by Gasteiger charge is 2.09. The molecule has 0 aromatic heterocycles. The van der Waals surface area contributed by atoms with Crippen LogP contribution in [0.4, 0.5) is 4.39 Å². The maximum Gasteiger partial charge on any atom is 0.123 e. The Labute approximate surface area is 107 Å². The van der Waals surface area contributed by atoms with Crippen molar-refractivity contribution in [3.8, 4) is 0 Å². The average molecular weight is 243 g/mol. The van der Waals surface area contributed by atoms with Crippen LogP contribution >= 0.6 is 0 Å². The van der Waals surface area contributed by atoms with E-state index in [0.29, 0.717) is 0 Å². The van der Waals surface area contributed by atoms with Crippen LogP contribution in [0.2, 0.25) is 0 Å². The number of aryl methyl sites for hydroxylation is 1. The largest absolute Gasteiger partial charge is 0.320 e. The highest BCUT2D eigenvalue weighted by molar-refractivity contribution is 5.34. The molecule has 1 unspecified atom stereocenters. The molecule has 0 bridgehead atoms. The Bertz CT molecular complexity index is 522. The monoisotopic (exact) mass is 243 g/mol. The number of benzene rings is 2. The van der Waals surface area contributed by atoms with Gasteiger partial charge in [-0.15, -0.1) is 0 Å². The third-order valence-electron chi connectivity index (χ3n) is 3.06. The van der Waals surface area contributed by atoms with E-state index in [1.54, 1.807) is 6.07 Å². The molecule has 0 aliphatic rings. The van der Waals surface area contributed by atoms with E-state index >= 15 is 0 Å². The lowest BCUT2D eigenvalue weighted by molar-refractivity contribution is 0.623. The zero-order valence-corrected chi connectivity index (χ0v) is 10.6. The van der Waals surface area contributed by atoms with Crippen molar-refractivity contribution in [2.24, 2.45) is 5.73 Å². The summed E-state index contributed by atoms with van der Waals surface area (Å²) < 4.78 is 13.2. The van der Waals surface area contributed by atoms with E-state index in [2.05, 4.69) is 19.1 Å². The molecule has 0 heterocycles. The first-order valence-electron chi connectivity index (χ1n) is 6.30. The Hall–Kier alpha value is -1.67. The molecule has 0 fully saturated rings. The van der Waals surface area contributed by atoms with Gasteiger partial charge in [0.15, 0.2) is 0 Å². The van der Waals surface area contributed by atoms with E-state index in [1.165, 1.54) is 17.7 Å². The van der Waals surface area contributed by atoms with Crippen molar-refractivity contribution >= 4 is 0 Å². The fourth-order valence-corrected chi connectivity index (χ4v) is 2.12. The van der Waals surface area contributed by atoms with Crippen LogP contribution in [-0.4, -0.2) is 0 Å². The molecule has 2 rings (SSSR count). The van der Waals surface area contributed by atoms with Crippen molar-refractivity contribution in [2.45, 2.75) is 25.8 Å². The normalized spacial score (nSPS) is 12.4. The second-order valence-electron chi connectivity index (χ2n) is 4.53. The maximum atomic E-state index is 13.2. The minimum atomic E-state index is -0.266. The molecular weight excluding hydrogens is 225 g/mol. The van der Waals surface area contributed by atoms with Gasteiger partial charge in [-0.05, 0) is 35.2 Å². The molecular formula is C16H18FN. The highest BCUT2D eigenvalue weighted by atomic mass is 19.1. The van der Waals surface area contributed by atoms with Crippen molar-refractivity contribution in [3.05, 3.63) is 71.0 Å². The fourth-order valence-electron chi connectivity index (χ4n) is 2.12.